The summed E-state index contributed by atoms with van der Waals surface area (Å²) >= 11 is 1.52. The molecule has 0 unspecified atom stereocenters. The Morgan fingerprint density at radius 1 is 1.22 bits per heavy atom. The van der Waals surface area contributed by atoms with Gasteiger partial charge in [-0.3, -0.25) is 14.5 Å². The van der Waals surface area contributed by atoms with Crippen LogP contribution >= 0.6 is 11.3 Å². The summed E-state index contributed by atoms with van der Waals surface area (Å²) in [5.41, 5.74) is -0.602. The fraction of sp³-hybridized carbons (Fsp3) is 0.571. The Kier molecular flexibility index (Phi) is 3.85. The molecular formula is C14H19NO2S. The van der Waals surface area contributed by atoms with Gasteiger partial charge in [-0.15, -0.1) is 11.3 Å². The third-order valence-electron chi connectivity index (χ3n) is 3.81. The number of hydrogen-bond donors (Lipinski definition) is 0. The number of anilines is 1. The van der Waals surface area contributed by atoms with Crippen molar-refractivity contribution in [3.63, 3.8) is 0 Å². The molecule has 1 aliphatic rings. The van der Waals surface area contributed by atoms with E-state index in [1.54, 1.807) is 18.7 Å². The van der Waals surface area contributed by atoms with E-state index in [2.05, 4.69) is 0 Å². The van der Waals surface area contributed by atoms with Crippen molar-refractivity contribution in [2.75, 3.05) is 4.90 Å². The van der Waals surface area contributed by atoms with Crippen LogP contribution in [0.15, 0.2) is 17.5 Å². The zero-order valence-electron chi connectivity index (χ0n) is 10.9. The van der Waals surface area contributed by atoms with Gasteiger partial charge in [-0.1, -0.05) is 19.3 Å². The molecule has 0 N–H and O–H groups in total. The van der Waals surface area contributed by atoms with Crippen LogP contribution in [-0.4, -0.2) is 17.2 Å². The summed E-state index contributed by atoms with van der Waals surface area (Å²) in [4.78, 5) is 25.9. The van der Waals surface area contributed by atoms with Gasteiger partial charge in [0.2, 0.25) is 5.91 Å². The van der Waals surface area contributed by atoms with E-state index in [9.17, 15) is 9.59 Å². The van der Waals surface area contributed by atoms with Crippen LogP contribution in [0, 0.1) is 0 Å². The second kappa shape index (κ2) is 5.22. The third kappa shape index (κ3) is 2.21. The molecule has 1 aliphatic carbocycles. The summed E-state index contributed by atoms with van der Waals surface area (Å²) < 4.78 is 0. The largest absolute Gasteiger partial charge is 0.297 e. The maximum Gasteiger partial charge on any atom is 0.225 e. The molecule has 4 heteroatoms. The predicted octanol–water partition coefficient (Wildman–Crippen LogP) is 3.39. The molecule has 1 aromatic rings. The van der Waals surface area contributed by atoms with Gasteiger partial charge in [0.25, 0.3) is 0 Å². The van der Waals surface area contributed by atoms with E-state index in [0.717, 1.165) is 37.1 Å². The van der Waals surface area contributed by atoms with Crippen molar-refractivity contribution in [1.82, 2.24) is 0 Å². The standard InChI is InChI=1S/C14H19NO2S/c1-11(16)14(8-4-3-5-9-14)15(12(2)17)13-7-6-10-18-13/h6-7,10H,3-5,8-9H2,1-2H3. The average molecular weight is 265 g/mol. The van der Waals surface area contributed by atoms with Crippen LogP contribution in [0.1, 0.15) is 46.0 Å². The van der Waals surface area contributed by atoms with Gasteiger partial charge in [-0.25, -0.2) is 0 Å². The molecule has 1 saturated carbocycles. The number of carbonyl (C=O) groups is 2. The van der Waals surface area contributed by atoms with Crippen molar-refractivity contribution < 1.29 is 9.59 Å². The number of Topliss-reactive ketones (excluding diaryl/α,β-unsaturated/α-hetero) is 1. The highest BCUT2D eigenvalue weighted by Gasteiger charge is 2.44. The van der Waals surface area contributed by atoms with Gasteiger partial charge in [0, 0.05) is 6.92 Å². The molecule has 1 aromatic heterocycles. The maximum absolute atomic E-state index is 12.2. The molecule has 18 heavy (non-hydrogen) atoms. The summed E-state index contributed by atoms with van der Waals surface area (Å²) in [5.74, 6) is 0.0837. The molecule has 0 spiro atoms. The topological polar surface area (TPSA) is 37.4 Å². The smallest absolute Gasteiger partial charge is 0.225 e. The van der Waals surface area contributed by atoms with E-state index >= 15 is 0 Å². The summed E-state index contributed by atoms with van der Waals surface area (Å²) in [5, 5.41) is 2.83. The number of rotatable bonds is 3. The van der Waals surface area contributed by atoms with Crippen LogP contribution in [0.25, 0.3) is 0 Å². The highest BCUT2D eigenvalue weighted by atomic mass is 32.1. The molecule has 0 bridgehead atoms. The Labute approximate surface area is 112 Å². The molecule has 0 atom stereocenters. The quantitative estimate of drug-likeness (QED) is 0.840. The van der Waals surface area contributed by atoms with E-state index in [4.69, 9.17) is 0 Å². The average Bonchev–Trinajstić information content (AvgIpc) is 2.83. The van der Waals surface area contributed by atoms with Gasteiger partial charge in [0.15, 0.2) is 5.78 Å². The number of carbonyl (C=O) groups excluding carboxylic acids is 2. The minimum Gasteiger partial charge on any atom is -0.297 e. The number of nitrogens with zero attached hydrogens (tertiary/aromatic N) is 1. The lowest BCUT2D eigenvalue weighted by atomic mass is 9.77. The normalized spacial score (nSPS) is 18.3. The van der Waals surface area contributed by atoms with E-state index in [1.165, 1.54) is 11.3 Å². The van der Waals surface area contributed by atoms with Crippen LogP contribution < -0.4 is 4.90 Å². The molecule has 2 rings (SSSR count). The van der Waals surface area contributed by atoms with Crippen LogP contribution in [-0.2, 0) is 9.59 Å². The van der Waals surface area contributed by atoms with Gasteiger partial charge < -0.3 is 0 Å². The molecule has 0 radical (unpaired) electrons. The second-order valence-electron chi connectivity index (χ2n) is 4.95. The third-order valence-corrected chi connectivity index (χ3v) is 4.66. The van der Waals surface area contributed by atoms with Crippen molar-refractivity contribution in [3.8, 4) is 0 Å². The number of amides is 1. The molecule has 3 nitrogen and oxygen atoms in total. The lowest BCUT2D eigenvalue weighted by molar-refractivity contribution is -0.128. The Bertz CT molecular complexity index is 433. The maximum atomic E-state index is 12.2. The monoisotopic (exact) mass is 265 g/mol. The minimum absolute atomic E-state index is 0.0328. The number of hydrogen-bond acceptors (Lipinski definition) is 3. The van der Waals surface area contributed by atoms with Crippen molar-refractivity contribution >= 4 is 28.0 Å². The Hall–Kier alpha value is -1.16. The Balaban J connectivity index is 2.44. The van der Waals surface area contributed by atoms with Crippen LogP contribution in [0.2, 0.25) is 0 Å². The molecule has 1 fully saturated rings. The van der Waals surface area contributed by atoms with Crippen molar-refractivity contribution in [2.45, 2.75) is 51.5 Å². The molecule has 0 aliphatic heterocycles. The van der Waals surface area contributed by atoms with Crippen LogP contribution in [0.3, 0.4) is 0 Å². The minimum atomic E-state index is -0.602. The first-order chi connectivity index (χ1) is 8.58. The van der Waals surface area contributed by atoms with E-state index in [0.29, 0.717) is 0 Å². The van der Waals surface area contributed by atoms with E-state index in [1.807, 2.05) is 17.5 Å². The molecule has 0 saturated heterocycles. The van der Waals surface area contributed by atoms with Gasteiger partial charge in [-0.2, -0.15) is 0 Å². The Morgan fingerprint density at radius 2 is 1.89 bits per heavy atom. The first kappa shape index (κ1) is 13.3. The summed E-state index contributed by atoms with van der Waals surface area (Å²) in [6.07, 6.45) is 4.79. The summed E-state index contributed by atoms with van der Waals surface area (Å²) in [6.45, 7) is 3.17. The summed E-state index contributed by atoms with van der Waals surface area (Å²) in [6, 6.07) is 3.85. The first-order valence-electron chi connectivity index (χ1n) is 6.43. The predicted molar refractivity (Wildman–Crippen MR) is 74.0 cm³/mol. The second-order valence-corrected chi connectivity index (χ2v) is 5.88. The zero-order valence-corrected chi connectivity index (χ0v) is 11.8. The SMILES string of the molecule is CC(=O)N(c1cccs1)C1(C(C)=O)CCCCC1. The van der Waals surface area contributed by atoms with Gasteiger partial charge >= 0.3 is 0 Å². The van der Waals surface area contributed by atoms with Crippen molar-refractivity contribution in [2.24, 2.45) is 0 Å². The highest BCUT2D eigenvalue weighted by Crippen LogP contribution is 2.39. The van der Waals surface area contributed by atoms with Crippen molar-refractivity contribution in [1.29, 1.82) is 0 Å². The van der Waals surface area contributed by atoms with Crippen LogP contribution in [0.4, 0.5) is 5.00 Å². The van der Waals surface area contributed by atoms with Crippen LogP contribution in [0.5, 0.6) is 0 Å². The Morgan fingerprint density at radius 3 is 2.33 bits per heavy atom. The fourth-order valence-electron chi connectivity index (χ4n) is 2.93. The van der Waals surface area contributed by atoms with Crippen molar-refractivity contribution in [3.05, 3.63) is 17.5 Å². The van der Waals surface area contributed by atoms with Gasteiger partial charge in [0.05, 0.1) is 5.00 Å². The molecule has 1 amide bonds. The lowest BCUT2D eigenvalue weighted by Gasteiger charge is -2.43. The number of ketones is 1. The van der Waals surface area contributed by atoms with Gasteiger partial charge in [-0.05, 0) is 37.3 Å². The molecular weight excluding hydrogens is 246 g/mol. The molecule has 0 aromatic carbocycles. The summed E-state index contributed by atoms with van der Waals surface area (Å²) in [7, 11) is 0. The molecule has 1 heterocycles. The fourth-order valence-corrected chi connectivity index (χ4v) is 3.80. The first-order valence-corrected chi connectivity index (χ1v) is 7.31. The lowest BCUT2D eigenvalue weighted by Crippen LogP contribution is -2.57. The van der Waals surface area contributed by atoms with E-state index in [-0.39, 0.29) is 11.7 Å². The highest BCUT2D eigenvalue weighted by molar-refractivity contribution is 7.14. The van der Waals surface area contributed by atoms with Gasteiger partial charge in [0.1, 0.15) is 5.54 Å². The molecule has 98 valence electrons. The zero-order chi connectivity index (χ0) is 13.2. The van der Waals surface area contributed by atoms with E-state index < -0.39 is 5.54 Å². The number of thiophene rings is 1.